The first-order valence-corrected chi connectivity index (χ1v) is 8.03. The van der Waals surface area contributed by atoms with Crippen molar-refractivity contribution in [2.75, 3.05) is 31.9 Å². The van der Waals surface area contributed by atoms with Crippen molar-refractivity contribution in [1.29, 1.82) is 0 Å². The summed E-state index contributed by atoms with van der Waals surface area (Å²) in [4.78, 5) is 16.9. The van der Waals surface area contributed by atoms with Crippen LogP contribution in [0.1, 0.15) is 37.0 Å². The third-order valence-electron chi connectivity index (χ3n) is 4.32. The van der Waals surface area contributed by atoms with E-state index in [9.17, 15) is 4.79 Å². The van der Waals surface area contributed by atoms with Gasteiger partial charge in [0.2, 0.25) is 0 Å². The average molecular weight is 310 g/mol. The monoisotopic (exact) mass is 309 g/mol. The SMILES string of the molecule is CCN(CC)C1CCN(C(=O)c2ccc(Cl)c(N)c2)CC1. The van der Waals surface area contributed by atoms with E-state index in [1.54, 1.807) is 18.2 Å². The largest absolute Gasteiger partial charge is 0.398 e. The molecule has 21 heavy (non-hydrogen) atoms. The van der Waals surface area contributed by atoms with Crippen molar-refractivity contribution in [2.24, 2.45) is 0 Å². The number of halogens is 1. The number of piperidine rings is 1. The van der Waals surface area contributed by atoms with Gasteiger partial charge in [-0.3, -0.25) is 4.79 Å². The molecule has 4 nitrogen and oxygen atoms in total. The number of carbonyl (C=O) groups excluding carboxylic acids is 1. The summed E-state index contributed by atoms with van der Waals surface area (Å²) in [6.45, 7) is 8.14. The minimum absolute atomic E-state index is 0.0522. The van der Waals surface area contributed by atoms with Crippen molar-refractivity contribution in [3.05, 3.63) is 28.8 Å². The smallest absolute Gasteiger partial charge is 0.253 e. The highest BCUT2D eigenvalue weighted by Gasteiger charge is 2.26. The summed E-state index contributed by atoms with van der Waals surface area (Å²) in [5.74, 6) is 0.0522. The molecule has 1 heterocycles. The molecule has 0 unspecified atom stereocenters. The van der Waals surface area contributed by atoms with Crippen LogP contribution in [0.2, 0.25) is 5.02 Å². The zero-order valence-electron chi connectivity index (χ0n) is 12.8. The van der Waals surface area contributed by atoms with E-state index in [0.29, 0.717) is 22.3 Å². The number of nitrogens with two attached hydrogens (primary N) is 1. The van der Waals surface area contributed by atoms with Crippen LogP contribution in [-0.4, -0.2) is 47.9 Å². The van der Waals surface area contributed by atoms with Crippen LogP contribution in [0.25, 0.3) is 0 Å². The Hall–Kier alpha value is -1.26. The first kappa shape index (κ1) is 16.1. The molecule has 0 spiro atoms. The van der Waals surface area contributed by atoms with Gasteiger partial charge in [0.15, 0.2) is 0 Å². The predicted molar refractivity (Wildman–Crippen MR) is 87.7 cm³/mol. The van der Waals surface area contributed by atoms with Crippen LogP contribution in [0, 0.1) is 0 Å². The molecule has 1 aromatic rings. The zero-order valence-corrected chi connectivity index (χ0v) is 13.6. The van der Waals surface area contributed by atoms with E-state index in [-0.39, 0.29) is 5.91 Å². The molecule has 0 radical (unpaired) electrons. The average Bonchev–Trinajstić information content (AvgIpc) is 2.51. The summed E-state index contributed by atoms with van der Waals surface area (Å²) in [5.41, 5.74) is 6.86. The Morgan fingerprint density at radius 3 is 2.48 bits per heavy atom. The fourth-order valence-electron chi connectivity index (χ4n) is 3.03. The fraction of sp³-hybridized carbons (Fsp3) is 0.562. The van der Waals surface area contributed by atoms with Crippen LogP contribution in [0.4, 0.5) is 5.69 Å². The Morgan fingerprint density at radius 2 is 1.95 bits per heavy atom. The van der Waals surface area contributed by atoms with Crippen molar-refractivity contribution < 1.29 is 4.79 Å². The van der Waals surface area contributed by atoms with Gasteiger partial charge in [-0.05, 0) is 44.1 Å². The molecule has 2 rings (SSSR count). The molecule has 1 fully saturated rings. The highest BCUT2D eigenvalue weighted by atomic mass is 35.5. The van der Waals surface area contributed by atoms with Crippen molar-refractivity contribution in [2.45, 2.75) is 32.7 Å². The summed E-state index contributed by atoms with van der Waals surface area (Å²) in [5, 5.41) is 0.492. The molecular formula is C16H24ClN3O. The first-order valence-electron chi connectivity index (χ1n) is 7.65. The molecule has 116 valence electrons. The third-order valence-corrected chi connectivity index (χ3v) is 4.67. The summed E-state index contributed by atoms with van der Waals surface area (Å²) in [6, 6.07) is 5.70. The van der Waals surface area contributed by atoms with E-state index < -0.39 is 0 Å². The number of rotatable bonds is 4. The molecule has 1 aliphatic rings. The Balaban J connectivity index is 1.98. The lowest BCUT2D eigenvalue weighted by Gasteiger charge is -2.37. The van der Waals surface area contributed by atoms with Crippen molar-refractivity contribution in [1.82, 2.24) is 9.80 Å². The van der Waals surface area contributed by atoms with Crippen molar-refractivity contribution in [3.63, 3.8) is 0 Å². The second kappa shape index (κ2) is 7.14. The molecule has 0 bridgehead atoms. The van der Waals surface area contributed by atoms with Crippen LogP contribution in [-0.2, 0) is 0 Å². The standard InChI is InChI=1S/C16H24ClN3O/c1-3-19(4-2)13-7-9-20(10-8-13)16(21)12-5-6-14(17)15(18)11-12/h5-6,11,13H,3-4,7-10,18H2,1-2H3. The van der Waals surface area contributed by atoms with Crippen LogP contribution in [0.5, 0.6) is 0 Å². The molecular weight excluding hydrogens is 286 g/mol. The van der Waals surface area contributed by atoms with Crippen LogP contribution in [0.3, 0.4) is 0 Å². The fourth-order valence-corrected chi connectivity index (χ4v) is 3.15. The Kier molecular flexibility index (Phi) is 5.48. The van der Waals surface area contributed by atoms with Gasteiger partial charge in [0.25, 0.3) is 5.91 Å². The topological polar surface area (TPSA) is 49.6 Å². The zero-order chi connectivity index (χ0) is 15.4. The molecule has 1 amide bonds. The molecule has 1 aromatic carbocycles. The Bertz CT molecular complexity index is 494. The predicted octanol–water partition coefficient (Wildman–Crippen LogP) is 2.87. The van der Waals surface area contributed by atoms with E-state index >= 15 is 0 Å². The van der Waals surface area contributed by atoms with Gasteiger partial charge in [-0.1, -0.05) is 25.4 Å². The highest BCUT2D eigenvalue weighted by molar-refractivity contribution is 6.33. The molecule has 0 atom stereocenters. The van der Waals surface area contributed by atoms with Crippen molar-refractivity contribution >= 4 is 23.2 Å². The van der Waals surface area contributed by atoms with E-state index in [2.05, 4.69) is 18.7 Å². The molecule has 1 aliphatic heterocycles. The quantitative estimate of drug-likeness (QED) is 0.870. The van der Waals surface area contributed by atoms with E-state index in [1.165, 1.54) is 0 Å². The minimum atomic E-state index is 0.0522. The Labute approximate surface area is 131 Å². The summed E-state index contributed by atoms with van der Waals surface area (Å²) < 4.78 is 0. The molecule has 1 saturated heterocycles. The van der Waals surface area contributed by atoms with E-state index in [4.69, 9.17) is 17.3 Å². The number of hydrogen-bond donors (Lipinski definition) is 1. The maximum absolute atomic E-state index is 12.5. The summed E-state index contributed by atoms with van der Waals surface area (Å²) >= 11 is 5.90. The van der Waals surface area contributed by atoms with E-state index in [0.717, 1.165) is 39.0 Å². The number of amides is 1. The molecule has 0 saturated carbocycles. The van der Waals surface area contributed by atoms with Gasteiger partial charge in [-0.15, -0.1) is 0 Å². The van der Waals surface area contributed by atoms with Gasteiger partial charge in [-0.25, -0.2) is 0 Å². The van der Waals surface area contributed by atoms with Gasteiger partial charge in [0.05, 0.1) is 10.7 Å². The van der Waals surface area contributed by atoms with Gasteiger partial charge in [0, 0.05) is 24.7 Å². The van der Waals surface area contributed by atoms with Gasteiger partial charge in [0.1, 0.15) is 0 Å². The maximum Gasteiger partial charge on any atom is 0.253 e. The lowest BCUT2D eigenvalue weighted by molar-refractivity contribution is 0.0631. The van der Waals surface area contributed by atoms with Gasteiger partial charge < -0.3 is 15.5 Å². The Morgan fingerprint density at radius 1 is 1.33 bits per heavy atom. The van der Waals surface area contributed by atoms with E-state index in [1.807, 2.05) is 4.90 Å². The molecule has 5 heteroatoms. The molecule has 2 N–H and O–H groups in total. The number of likely N-dealkylation sites (tertiary alicyclic amines) is 1. The van der Waals surface area contributed by atoms with Crippen LogP contribution >= 0.6 is 11.6 Å². The number of benzene rings is 1. The van der Waals surface area contributed by atoms with Crippen molar-refractivity contribution in [3.8, 4) is 0 Å². The number of hydrogen-bond acceptors (Lipinski definition) is 3. The van der Waals surface area contributed by atoms with Gasteiger partial charge >= 0.3 is 0 Å². The minimum Gasteiger partial charge on any atom is -0.398 e. The lowest BCUT2D eigenvalue weighted by Crippen LogP contribution is -2.46. The number of nitrogens with zero attached hydrogens (tertiary/aromatic N) is 2. The van der Waals surface area contributed by atoms with Gasteiger partial charge in [-0.2, -0.15) is 0 Å². The normalized spacial score (nSPS) is 16.5. The summed E-state index contributed by atoms with van der Waals surface area (Å²) in [6.07, 6.45) is 2.08. The third kappa shape index (κ3) is 3.69. The molecule has 0 aromatic heterocycles. The second-order valence-corrected chi connectivity index (χ2v) is 5.89. The first-order chi connectivity index (χ1) is 10.1. The second-order valence-electron chi connectivity index (χ2n) is 5.48. The lowest BCUT2D eigenvalue weighted by atomic mass is 10.0. The number of anilines is 1. The highest BCUT2D eigenvalue weighted by Crippen LogP contribution is 2.22. The van der Waals surface area contributed by atoms with Crippen LogP contribution in [0.15, 0.2) is 18.2 Å². The van der Waals surface area contributed by atoms with Crippen LogP contribution < -0.4 is 5.73 Å². The summed E-state index contributed by atoms with van der Waals surface area (Å²) in [7, 11) is 0. The number of carbonyl (C=O) groups is 1. The molecule has 0 aliphatic carbocycles. The number of nitrogen functional groups attached to an aromatic ring is 1. The maximum atomic E-state index is 12.5.